The van der Waals surface area contributed by atoms with Crippen molar-refractivity contribution in [2.75, 3.05) is 7.11 Å². The summed E-state index contributed by atoms with van der Waals surface area (Å²) in [4.78, 5) is 17.0. The molecule has 1 aromatic carbocycles. The van der Waals surface area contributed by atoms with Gasteiger partial charge in [0.15, 0.2) is 0 Å². The molecule has 4 nitrogen and oxygen atoms in total. The molecule has 3 rings (SSSR count). The number of carbonyl (C=O) groups is 1. The molecular formula is C16H14N2O2S. The van der Waals surface area contributed by atoms with Crippen molar-refractivity contribution in [3.63, 3.8) is 0 Å². The van der Waals surface area contributed by atoms with Gasteiger partial charge in [-0.3, -0.25) is 8.96 Å². The fourth-order valence-electron chi connectivity index (χ4n) is 2.10. The number of benzene rings is 1. The van der Waals surface area contributed by atoms with Crippen molar-refractivity contribution in [3.05, 3.63) is 60.0 Å². The average Bonchev–Trinajstić information content (AvgIpc) is 2.92. The molecule has 2 aromatic heterocycles. The number of hydrogen-bond donors (Lipinski definition) is 0. The molecule has 2 heterocycles. The molecule has 0 radical (unpaired) electrons. The summed E-state index contributed by atoms with van der Waals surface area (Å²) < 4.78 is 6.79. The van der Waals surface area contributed by atoms with Crippen LogP contribution in [0.15, 0.2) is 53.8 Å². The van der Waals surface area contributed by atoms with Crippen molar-refractivity contribution in [2.45, 2.75) is 11.8 Å². The van der Waals surface area contributed by atoms with Gasteiger partial charge in [-0.05, 0) is 37.1 Å². The Morgan fingerprint density at radius 2 is 1.95 bits per heavy atom. The van der Waals surface area contributed by atoms with Crippen molar-refractivity contribution in [2.24, 2.45) is 0 Å². The van der Waals surface area contributed by atoms with Gasteiger partial charge in [-0.15, -0.1) is 0 Å². The van der Waals surface area contributed by atoms with Crippen LogP contribution in [0, 0.1) is 6.92 Å². The van der Waals surface area contributed by atoms with Crippen LogP contribution in [-0.2, 0) is 4.74 Å². The number of aromatic nitrogens is 2. The molecular weight excluding hydrogens is 284 g/mol. The van der Waals surface area contributed by atoms with E-state index in [0.717, 1.165) is 15.8 Å². The molecule has 0 bridgehead atoms. The number of nitrogens with zero attached hydrogens (tertiary/aromatic N) is 2. The lowest BCUT2D eigenvalue weighted by atomic mass is 10.2. The molecule has 21 heavy (non-hydrogen) atoms. The monoisotopic (exact) mass is 298 g/mol. The highest BCUT2D eigenvalue weighted by Crippen LogP contribution is 2.28. The molecule has 0 atom stereocenters. The van der Waals surface area contributed by atoms with Crippen molar-refractivity contribution >= 4 is 28.8 Å². The molecule has 0 amide bonds. The van der Waals surface area contributed by atoms with E-state index in [1.165, 1.54) is 18.9 Å². The summed E-state index contributed by atoms with van der Waals surface area (Å²) in [6.07, 6.45) is 5.22. The first kappa shape index (κ1) is 13.7. The van der Waals surface area contributed by atoms with Crippen molar-refractivity contribution in [1.82, 2.24) is 8.96 Å². The summed E-state index contributed by atoms with van der Waals surface area (Å²) >= 11 is 1.59. The zero-order chi connectivity index (χ0) is 14.8. The highest BCUT2D eigenvalue weighted by molar-refractivity contribution is 7.98. The minimum absolute atomic E-state index is 0.369. The zero-order valence-electron chi connectivity index (χ0n) is 11.7. The second-order valence-corrected chi connectivity index (χ2v) is 5.70. The van der Waals surface area contributed by atoms with Crippen LogP contribution in [0.5, 0.6) is 0 Å². The Kier molecular flexibility index (Phi) is 3.66. The van der Waals surface area contributed by atoms with E-state index < -0.39 is 0 Å². The maximum atomic E-state index is 11.8. The van der Waals surface area contributed by atoms with Crippen LogP contribution in [0.2, 0.25) is 0 Å². The van der Waals surface area contributed by atoms with Crippen molar-refractivity contribution in [3.8, 4) is 0 Å². The smallest absolute Gasteiger partial charge is 0.340 e. The predicted octanol–water partition coefficient (Wildman–Crippen LogP) is 3.69. The topological polar surface area (TPSA) is 44.1 Å². The molecule has 0 saturated heterocycles. The average molecular weight is 298 g/mol. The molecule has 0 N–H and O–H groups in total. The summed E-state index contributed by atoms with van der Waals surface area (Å²) in [5, 5.41) is 0.844. The van der Waals surface area contributed by atoms with Gasteiger partial charge in [0, 0.05) is 22.7 Å². The molecule has 0 aliphatic heterocycles. The van der Waals surface area contributed by atoms with Crippen LogP contribution >= 0.6 is 11.9 Å². The Bertz CT molecular complexity index is 794. The molecule has 0 aliphatic carbocycles. The third-order valence-corrected chi connectivity index (χ3v) is 4.21. The van der Waals surface area contributed by atoms with Gasteiger partial charge >= 0.3 is 5.97 Å². The number of rotatable bonds is 3. The number of esters is 1. The molecule has 106 valence electrons. The van der Waals surface area contributed by atoms with Crippen LogP contribution in [0.25, 0.3) is 10.9 Å². The number of fused-ring (bicyclic) bond motifs is 1. The summed E-state index contributed by atoms with van der Waals surface area (Å²) in [5.41, 5.74) is 2.60. The summed E-state index contributed by atoms with van der Waals surface area (Å²) in [7, 11) is 1.37. The van der Waals surface area contributed by atoms with E-state index in [-0.39, 0.29) is 5.97 Å². The molecule has 3 aromatic rings. The Balaban J connectivity index is 2.01. The third-order valence-electron chi connectivity index (χ3n) is 3.21. The lowest BCUT2D eigenvalue weighted by Gasteiger charge is -2.05. The first-order valence-electron chi connectivity index (χ1n) is 6.47. The summed E-state index contributed by atoms with van der Waals surface area (Å²) in [6.45, 7) is 2.06. The number of pyridine rings is 1. The normalized spacial score (nSPS) is 10.8. The van der Waals surface area contributed by atoms with Gasteiger partial charge in [-0.1, -0.05) is 17.7 Å². The van der Waals surface area contributed by atoms with Gasteiger partial charge in [-0.2, -0.15) is 0 Å². The predicted molar refractivity (Wildman–Crippen MR) is 83.5 cm³/mol. The molecule has 0 spiro atoms. The van der Waals surface area contributed by atoms with Crippen LogP contribution in [-0.4, -0.2) is 22.0 Å². The van der Waals surface area contributed by atoms with Gasteiger partial charge in [-0.25, -0.2) is 4.79 Å². The van der Waals surface area contributed by atoms with Crippen LogP contribution in [0.1, 0.15) is 15.9 Å². The molecule has 0 unspecified atom stereocenters. The second kappa shape index (κ2) is 5.61. The van der Waals surface area contributed by atoms with E-state index in [4.69, 9.17) is 4.74 Å². The number of ether oxygens (including phenoxy) is 1. The number of carbonyl (C=O) groups excluding carboxylic acids is 1. The Labute approximate surface area is 126 Å². The van der Waals surface area contributed by atoms with Gasteiger partial charge < -0.3 is 4.74 Å². The number of hydrogen-bond acceptors (Lipinski definition) is 4. The fourth-order valence-corrected chi connectivity index (χ4v) is 2.95. The standard InChI is InChI=1S/C16H14N2O2S/c1-11-3-5-12(6-4-11)21-18-8-7-13-14(16(19)20-2)9-17-10-15(13)18/h3-10H,1-2H3. The summed E-state index contributed by atoms with van der Waals surface area (Å²) in [6, 6.07) is 10.2. The quantitative estimate of drug-likeness (QED) is 0.692. The highest BCUT2D eigenvalue weighted by atomic mass is 32.2. The zero-order valence-corrected chi connectivity index (χ0v) is 12.6. The number of aryl methyl sites for hydroxylation is 1. The molecule has 0 aliphatic rings. The van der Waals surface area contributed by atoms with E-state index in [1.54, 1.807) is 18.1 Å². The minimum Gasteiger partial charge on any atom is -0.465 e. The summed E-state index contributed by atoms with van der Waals surface area (Å²) in [5.74, 6) is -0.369. The molecule has 5 heteroatoms. The third kappa shape index (κ3) is 2.64. The van der Waals surface area contributed by atoms with Crippen molar-refractivity contribution in [1.29, 1.82) is 0 Å². The highest BCUT2D eigenvalue weighted by Gasteiger charge is 2.13. The van der Waals surface area contributed by atoms with Crippen LogP contribution in [0.3, 0.4) is 0 Å². The first-order chi connectivity index (χ1) is 10.2. The molecule has 0 fully saturated rings. The lowest BCUT2D eigenvalue weighted by Crippen LogP contribution is -2.02. The Morgan fingerprint density at radius 1 is 1.19 bits per heavy atom. The second-order valence-electron chi connectivity index (χ2n) is 4.66. The fraction of sp³-hybridized carbons (Fsp3) is 0.125. The van der Waals surface area contributed by atoms with Gasteiger partial charge in [0.1, 0.15) is 0 Å². The molecule has 0 saturated carbocycles. The van der Waals surface area contributed by atoms with Gasteiger partial charge in [0.2, 0.25) is 0 Å². The first-order valence-corrected chi connectivity index (χ1v) is 7.25. The maximum absolute atomic E-state index is 11.8. The van der Waals surface area contributed by atoms with E-state index in [9.17, 15) is 4.79 Å². The van der Waals surface area contributed by atoms with Crippen molar-refractivity contribution < 1.29 is 9.53 Å². The van der Waals surface area contributed by atoms with E-state index in [1.807, 2.05) is 16.2 Å². The largest absolute Gasteiger partial charge is 0.465 e. The SMILES string of the molecule is COC(=O)c1cncc2c1ccn2Sc1ccc(C)cc1. The number of methoxy groups -OCH3 is 1. The van der Waals surface area contributed by atoms with E-state index >= 15 is 0 Å². The lowest BCUT2D eigenvalue weighted by molar-refractivity contribution is 0.0602. The van der Waals surface area contributed by atoms with E-state index in [2.05, 4.69) is 36.2 Å². The Morgan fingerprint density at radius 3 is 2.67 bits per heavy atom. The van der Waals surface area contributed by atoms with Gasteiger partial charge in [0.25, 0.3) is 0 Å². The minimum atomic E-state index is -0.369. The Hall–Kier alpha value is -2.27. The van der Waals surface area contributed by atoms with Gasteiger partial charge in [0.05, 0.1) is 24.4 Å². The van der Waals surface area contributed by atoms with Crippen LogP contribution in [0.4, 0.5) is 0 Å². The maximum Gasteiger partial charge on any atom is 0.340 e. The van der Waals surface area contributed by atoms with Crippen LogP contribution < -0.4 is 0 Å². The van der Waals surface area contributed by atoms with E-state index in [0.29, 0.717) is 5.56 Å².